The van der Waals surface area contributed by atoms with E-state index >= 15 is 0 Å². The number of hydrogen-bond donors (Lipinski definition) is 1. The molecule has 1 aromatic heterocycles. The Morgan fingerprint density at radius 3 is 3.00 bits per heavy atom. The zero-order chi connectivity index (χ0) is 12.0. The molecule has 1 N–H and O–H groups in total. The number of hydrogen-bond acceptors (Lipinski definition) is 3. The predicted molar refractivity (Wildman–Crippen MR) is 59.3 cm³/mol. The van der Waals surface area contributed by atoms with Crippen molar-refractivity contribution in [3.8, 4) is 0 Å². The van der Waals surface area contributed by atoms with Crippen molar-refractivity contribution in [2.45, 2.75) is 18.9 Å². The maximum Gasteiger partial charge on any atom is 0.255 e. The number of amides is 2. The summed E-state index contributed by atoms with van der Waals surface area (Å²) in [5.41, 5.74) is 0.353. The maximum absolute atomic E-state index is 11.9. The van der Waals surface area contributed by atoms with E-state index in [9.17, 15) is 9.59 Å². The van der Waals surface area contributed by atoms with Gasteiger partial charge in [0.2, 0.25) is 5.91 Å². The molecule has 5 nitrogen and oxygen atoms in total. The van der Waals surface area contributed by atoms with Crippen molar-refractivity contribution in [1.82, 2.24) is 10.2 Å². The molecule has 2 heterocycles. The summed E-state index contributed by atoms with van der Waals surface area (Å²) in [7, 11) is 0. The lowest BCUT2D eigenvalue weighted by atomic mass is 10.2. The van der Waals surface area contributed by atoms with Gasteiger partial charge in [-0.05, 0) is 12.5 Å². The van der Waals surface area contributed by atoms with Gasteiger partial charge in [0.15, 0.2) is 0 Å². The van der Waals surface area contributed by atoms with Crippen LogP contribution in [0.1, 0.15) is 23.7 Å². The van der Waals surface area contributed by atoms with Gasteiger partial charge in [-0.25, -0.2) is 0 Å². The van der Waals surface area contributed by atoms with Gasteiger partial charge in [-0.2, -0.15) is 0 Å². The van der Waals surface area contributed by atoms with Crippen LogP contribution in [0.4, 0.5) is 0 Å². The van der Waals surface area contributed by atoms with Crippen LogP contribution in [0.3, 0.4) is 0 Å². The molecule has 90 valence electrons. The Kier molecular flexibility index (Phi) is 2.05. The van der Waals surface area contributed by atoms with E-state index in [0.29, 0.717) is 18.0 Å². The van der Waals surface area contributed by atoms with Gasteiger partial charge in [0, 0.05) is 25.9 Å². The van der Waals surface area contributed by atoms with E-state index in [0.717, 1.165) is 13.0 Å². The molecule has 1 saturated heterocycles. The summed E-state index contributed by atoms with van der Waals surface area (Å²) < 4.78 is 4.88. The topological polar surface area (TPSA) is 62.6 Å². The first-order valence-electron chi connectivity index (χ1n) is 5.71. The fraction of sp³-hybridized carbons (Fsp3) is 0.500. The van der Waals surface area contributed by atoms with Gasteiger partial charge in [-0.15, -0.1) is 0 Å². The van der Waals surface area contributed by atoms with Gasteiger partial charge in [0.25, 0.3) is 5.91 Å². The van der Waals surface area contributed by atoms with Crippen LogP contribution in [0.15, 0.2) is 23.0 Å². The molecular weight excluding hydrogens is 220 g/mol. The van der Waals surface area contributed by atoms with Crippen LogP contribution < -0.4 is 5.32 Å². The normalized spacial score (nSPS) is 29.9. The predicted octanol–water partition coefficient (Wildman–Crippen LogP) is 0.630. The average Bonchev–Trinajstić information content (AvgIpc) is 2.76. The number of fused-ring (bicyclic) bond motifs is 1. The molecule has 0 spiro atoms. The van der Waals surface area contributed by atoms with Gasteiger partial charge < -0.3 is 14.6 Å². The fourth-order valence-electron chi connectivity index (χ4n) is 2.61. The first-order chi connectivity index (χ1) is 8.11. The van der Waals surface area contributed by atoms with E-state index in [4.69, 9.17) is 4.42 Å². The summed E-state index contributed by atoms with van der Waals surface area (Å²) in [5.74, 6) is 0.378. The summed E-state index contributed by atoms with van der Waals surface area (Å²) in [6.07, 6.45) is 3.88. The lowest BCUT2D eigenvalue weighted by Gasteiger charge is -2.20. The third-order valence-electron chi connectivity index (χ3n) is 3.74. The van der Waals surface area contributed by atoms with Gasteiger partial charge in [-0.1, -0.05) is 0 Å². The molecule has 2 amide bonds. The van der Waals surface area contributed by atoms with Crippen LogP contribution in [-0.4, -0.2) is 35.3 Å². The second kappa shape index (κ2) is 3.35. The summed E-state index contributed by atoms with van der Waals surface area (Å²) in [6.45, 7) is 2.97. The van der Waals surface area contributed by atoms with Gasteiger partial charge in [0.05, 0.1) is 17.4 Å². The van der Waals surface area contributed by atoms with Crippen molar-refractivity contribution in [2.24, 2.45) is 5.92 Å². The molecule has 2 unspecified atom stereocenters. The van der Waals surface area contributed by atoms with E-state index in [1.165, 1.54) is 12.5 Å². The number of furan rings is 1. The standard InChI is InChI=1S/C12H14N2O3/c1-8(15)14-5-10-4-12(10,7-14)13-11(16)9-2-3-17-6-9/h2-3,6,10H,4-5,7H2,1H3,(H,13,16). The molecule has 0 aromatic carbocycles. The molecule has 5 heteroatoms. The summed E-state index contributed by atoms with van der Waals surface area (Å²) in [6, 6.07) is 1.64. The smallest absolute Gasteiger partial charge is 0.255 e. The zero-order valence-electron chi connectivity index (χ0n) is 9.60. The van der Waals surface area contributed by atoms with E-state index in [2.05, 4.69) is 5.32 Å². The van der Waals surface area contributed by atoms with Crippen molar-refractivity contribution >= 4 is 11.8 Å². The second-order valence-electron chi connectivity index (χ2n) is 4.92. The van der Waals surface area contributed by atoms with Crippen LogP contribution in [0.25, 0.3) is 0 Å². The Balaban J connectivity index is 1.68. The molecule has 1 aliphatic heterocycles. The molecule has 3 rings (SSSR count). The molecular formula is C12H14N2O3. The van der Waals surface area contributed by atoms with Crippen molar-refractivity contribution in [1.29, 1.82) is 0 Å². The largest absolute Gasteiger partial charge is 0.472 e. The number of piperidine rings is 1. The highest BCUT2D eigenvalue weighted by Crippen LogP contribution is 2.49. The molecule has 0 radical (unpaired) electrons. The average molecular weight is 234 g/mol. The Morgan fingerprint density at radius 1 is 1.59 bits per heavy atom. The molecule has 1 aromatic rings. The van der Waals surface area contributed by atoms with E-state index < -0.39 is 0 Å². The SMILES string of the molecule is CC(=O)N1CC2CC2(NC(=O)c2ccoc2)C1. The minimum atomic E-state index is -0.181. The highest BCUT2D eigenvalue weighted by atomic mass is 16.3. The maximum atomic E-state index is 11.9. The van der Waals surface area contributed by atoms with Gasteiger partial charge in [-0.3, -0.25) is 9.59 Å². The highest BCUT2D eigenvalue weighted by molar-refractivity contribution is 5.94. The van der Waals surface area contributed by atoms with Crippen LogP contribution in [0.2, 0.25) is 0 Å². The number of carbonyl (C=O) groups is 2. The first kappa shape index (κ1) is 10.4. The van der Waals surface area contributed by atoms with Crippen LogP contribution in [0, 0.1) is 5.92 Å². The van der Waals surface area contributed by atoms with Gasteiger partial charge in [0.1, 0.15) is 6.26 Å². The van der Waals surface area contributed by atoms with E-state index in [-0.39, 0.29) is 17.4 Å². The number of nitrogens with one attached hydrogen (secondary N) is 1. The van der Waals surface area contributed by atoms with Gasteiger partial charge >= 0.3 is 0 Å². The fourth-order valence-corrected chi connectivity index (χ4v) is 2.61. The molecule has 0 bridgehead atoms. The van der Waals surface area contributed by atoms with Crippen molar-refractivity contribution < 1.29 is 14.0 Å². The Morgan fingerprint density at radius 2 is 2.41 bits per heavy atom. The van der Waals surface area contributed by atoms with Crippen molar-refractivity contribution in [3.63, 3.8) is 0 Å². The first-order valence-corrected chi connectivity index (χ1v) is 5.71. The molecule has 1 aliphatic carbocycles. The minimum absolute atomic E-state index is 0.0779. The molecule has 17 heavy (non-hydrogen) atoms. The third-order valence-corrected chi connectivity index (χ3v) is 3.74. The minimum Gasteiger partial charge on any atom is -0.472 e. The molecule has 2 aliphatic rings. The van der Waals surface area contributed by atoms with Crippen LogP contribution in [-0.2, 0) is 4.79 Å². The second-order valence-corrected chi connectivity index (χ2v) is 4.92. The summed E-state index contributed by atoms with van der Waals surface area (Å²) >= 11 is 0. The molecule has 2 atom stereocenters. The van der Waals surface area contributed by atoms with E-state index in [1.54, 1.807) is 17.9 Å². The summed E-state index contributed by atoms with van der Waals surface area (Å²) in [5, 5.41) is 3.02. The Bertz CT molecular complexity index is 468. The van der Waals surface area contributed by atoms with Crippen molar-refractivity contribution in [3.05, 3.63) is 24.2 Å². The van der Waals surface area contributed by atoms with E-state index in [1.807, 2.05) is 0 Å². The van der Waals surface area contributed by atoms with Crippen LogP contribution in [0.5, 0.6) is 0 Å². The number of likely N-dealkylation sites (tertiary alicyclic amines) is 1. The monoisotopic (exact) mass is 234 g/mol. The number of carbonyl (C=O) groups excluding carboxylic acids is 2. The molecule has 2 fully saturated rings. The zero-order valence-corrected chi connectivity index (χ0v) is 9.60. The number of nitrogens with zero attached hydrogens (tertiary/aromatic N) is 1. The van der Waals surface area contributed by atoms with Crippen molar-refractivity contribution in [2.75, 3.05) is 13.1 Å². The Labute approximate surface area is 98.8 Å². The lowest BCUT2D eigenvalue weighted by Crippen LogP contribution is -2.43. The quantitative estimate of drug-likeness (QED) is 0.816. The third kappa shape index (κ3) is 1.62. The van der Waals surface area contributed by atoms with Crippen LogP contribution >= 0.6 is 0 Å². The number of rotatable bonds is 2. The summed E-state index contributed by atoms with van der Waals surface area (Å²) in [4.78, 5) is 25.0. The Hall–Kier alpha value is -1.78. The lowest BCUT2D eigenvalue weighted by molar-refractivity contribution is -0.128. The molecule has 1 saturated carbocycles. The highest BCUT2D eigenvalue weighted by Gasteiger charge is 2.61.